The molecule has 0 radical (unpaired) electrons. The number of nitrogens with zero attached hydrogens (tertiary/aromatic N) is 1. The van der Waals surface area contributed by atoms with Crippen LogP contribution in [0.5, 0.6) is 0 Å². The van der Waals surface area contributed by atoms with Gasteiger partial charge in [-0.2, -0.15) is 0 Å². The van der Waals surface area contributed by atoms with Crippen LogP contribution < -0.4 is 5.73 Å². The van der Waals surface area contributed by atoms with Gasteiger partial charge in [0.05, 0.1) is 0 Å². The third-order valence-electron chi connectivity index (χ3n) is 4.36. The average Bonchev–Trinajstić information content (AvgIpc) is 2.48. The molecule has 1 atom stereocenters. The molecule has 0 heterocycles. The van der Waals surface area contributed by atoms with Crippen LogP contribution in [-0.2, 0) is 13.1 Å². The molecule has 2 rings (SSSR count). The zero-order valence-corrected chi connectivity index (χ0v) is 14.0. The van der Waals surface area contributed by atoms with Gasteiger partial charge in [0.25, 0.3) is 0 Å². The van der Waals surface area contributed by atoms with Crippen molar-refractivity contribution in [2.24, 2.45) is 11.1 Å². The summed E-state index contributed by atoms with van der Waals surface area (Å²) < 4.78 is 0. The van der Waals surface area contributed by atoms with Gasteiger partial charge in [-0.25, -0.2) is 0 Å². The van der Waals surface area contributed by atoms with Crippen molar-refractivity contribution < 1.29 is 0 Å². The Labute approximate surface area is 135 Å². The number of benzene rings is 2. The molecule has 0 spiro atoms. The van der Waals surface area contributed by atoms with Crippen LogP contribution in [0.25, 0.3) is 0 Å². The maximum Gasteiger partial charge on any atom is 0.0237 e. The van der Waals surface area contributed by atoms with Gasteiger partial charge in [0.1, 0.15) is 0 Å². The van der Waals surface area contributed by atoms with Gasteiger partial charge in [-0.3, -0.25) is 4.90 Å². The second-order valence-electron chi connectivity index (χ2n) is 6.89. The summed E-state index contributed by atoms with van der Waals surface area (Å²) >= 11 is 0. The second-order valence-corrected chi connectivity index (χ2v) is 6.89. The van der Waals surface area contributed by atoms with Gasteiger partial charge >= 0.3 is 0 Å². The molecule has 2 aromatic rings. The zero-order chi connectivity index (χ0) is 16.0. The number of hydrogen-bond acceptors (Lipinski definition) is 2. The van der Waals surface area contributed by atoms with E-state index in [0.717, 1.165) is 19.6 Å². The van der Waals surface area contributed by atoms with Gasteiger partial charge < -0.3 is 5.73 Å². The lowest BCUT2D eigenvalue weighted by atomic mass is 9.85. The fourth-order valence-corrected chi connectivity index (χ4v) is 2.57. The highest BCUT2D eigenvalue weighted by Gasteiger charge is 2.26. The van der Waals surface area contributed by atoms with Gasteiger partial charge in [0.2, 0.25) is 0 Å². The van der Waals surface area contributed by atoms with Crippen LogP contribution >= 0.6 is 0 Å². The number of rotatable bonds is 7. The van der Waals surface area contributed by atoms with Crippen molar-refractivity contribution in [2.45, 2.75) is 39.9 Å². The van der Waals surface area contributed by atoms with Crippen molar-refractivity contribution in [3.63, 3.8) is 0 Å². The predicted molar refractivity (Wildman–Crippen MR) is 94.4 cm³/mol. The fraction of sp³-hybridized carbons (Fsp3) is 0.400. The van der Waals surface area contributed by atoms with Gasteiger partial charge in [-0.1, -0.05) is 74.5 Å². The predicted octanol–water partition coefficient (Wildman–Crippen LogP) is 4.06. The number of nitrogens with two attached hydrogens (primary N) is 1. The highest BCUT2D eigenvalue weighted by atomic mass is 15.1. The summed E-state index contributed by atoms with van der Waals surface area (Å²) in [6.45, 7) is 9.48. The Morgan fingerprint density at radius 2 is 1.27 bits per heavy atom. The maximum absolute atomic E-state index is 6.18. The molecule has 118 valence electrons. The molecule has 0 saturated carbocycles. The zero-order valence-electron chi connectivity index (χ0n) is 14.0. The van der Waals surface area contributed by atoms with E-state index in [0.29, 0.717) is 0 Å². The molecule has 0 bridgehead atoms. The average molecular weight is 296 g/mol. The lowest BCUT2D eigenvalue weighted by Gasteiger charge is -2.35. The van der Waals surface area contributed by atoms with E-state index in [9.17, 15) is 0 Å². The standard InChI is InChI=1S/C20H28N2/c1-17(21)20(2,3)16-22(14-18-10-6-4-7-11-18)15-19-12-8-5-9-13-19/h4-13,17H,14-16,21H2,1-3H3. The van der Waals surface area contributed by atoms with Crippen LogP contribution in [0.2, 0.25) is 0 Å². The molecule has 0 saturated heterocycles. The van der Waals surface area contributed by atoms with E-state index in [1.165, 1.54) is 11.1 Å². The summed E-state index contributed by atoms with van der Waals surface area (Å²) in [5.41, 5.74) is 8.96. The summed E-state index contributed by atoms with van der Waals surface area (Å²) in [5.74, 6) is 0. The summed E-state index contributed by atoms with van der Waals surface area (Å²) in [5, 5.41) is 0. The first-order valence-electron chi connectivity index (χ1n) is 8.03. The van der Waals surface area contributed by atoms with Gasteiger partial charge in [0, 0.05) is 25.7 Å². The molecule has 1 unspecified atom stereocenters. The Hall–Kier alpha value is -1.64. The highest BCUT2D eigenvalue weighted by molar-refractivity contribution is 5.17. The van der Waals surface area contributed by atoms with E-state index in [1.54, 1.807) is 0 Å². The van der Waals surface area contributed by atoms with Crippen molar-refractivity contribution in [3.05, 3.63) is 71.8 Å². The van der Waals surface area contributed by atoms with Crippen molar-refractivity contribution >= 4 is 0 Å². The molecule has 0 fully saturated rings. The van der Waals surface area contributed by atoms with Crippen LogP contribution in [0.3, 0.4) is 0 Å². The molecular weight excluding hydrogens is 268 g/mol. The monoisotopic (exact) mass is 296 g/mol. The molecule has 0 aliphatic heterocycles. The maximum atomic E-state index is 6.18. The Bertz CT molecular complexity index is 505. The van der Waals surface area contributed by atoms with E-state index in [-0.39, 0.29) is 11.5 Å². The topological polar surface area (TPSA) is 29.3 Å². The number of hydrogen-bond donors (Lipinski definition) is 1. The quantitative estimate of drug-likeness (QED) is 0.835. The summed E-state index contributed by atoms with van der Waals surface area (Å²) in [4.78, 5) is 2.49. The van der Waals surface area contributed by atoms with Crippen molar-refractivity contribution in [2.75, 3.05) is 6.54 Å². The second kappa shape index (κ2) is 7.57. The highest BCUT2D eigenvalue weighted by Crippen LogP contribution is 2.23. The molecule has 2 aromatic carbocycles. The van der Waals surface area contributed by atoms with Gasteiger partial charge in [0.15, 0.2) is 0 Å². The van der Waals surface area contributed by atoms with Crippen LogP contribution in [-0.4, -0.2) is 17.5 Å². The smallest absolute Gasteiger partial charge is 0.0237 e. The minimum absolute atomic E-state index is 0.0869. The molecule has 2 heteroatoms. The first-order chi connectivity index (χ1) is 10.5. The lowest BCUT2D eigenvalue weighted by molar-refractivity contribution is 0.144. The van der Waals surface area contributed by atoms with Crippen molar-refractivity contribution in [1.29, 1.82) is 0 Å². The molecule has 0 aromatic heterocycles. The SMILES string of the molecule is CC(N)C(C)(C)CN(Cc1ccccc1)Cc1ccccc1. The molecule has 0 aliphatic carbocycles. The molecular formula is C20H28N2. The molecule has 0 amide bonds. The molecule has 0 aliphatic rings. The Balaban J connectivity index is 2.13. The largest absolute Gasteiger partial charge is 0.327 e. The first kappa shape index (κ1) is 16.7. The normalized spacial score (nSPS) is 13.3. The summed E-state index contributed by atoms with van der Waals surface area (Å²) in [7, 11) is 0. The Morgan fingerprint density at radius 3 is 1.64 bits per heavy atom. The van der Waals surface area contributed by atoms with Crippen molar-refractivity contribution in [3.8, 4) is 0 Å². The Morgan fingerprint density at radius 1 is 0.864 bits per heavy atom. The van der Waals surface area contributed by atoms with Crippen LogP contribution in [0.1, 0.15) is 31.9 Å². The third-order valence-corrected chi connectivity index (χ3v) is 4.36. The van der Waals surface area contributed by atoms with E-state index in [4.69, 9.17) is 5.73 Å². The lowest BCUT2D eigenvalue weighted by Crippen LogP contribution is -2.43. The minimum Gasteiger partial charge on any atom is -0.327 e. The molecule has 2 nitrogen and oxygen atoms in total. The van der Waals surface area contributed by atoms with E-state index in [2.05, 4.69) is 86.3 Å². The van der Waals surface area contributed by atoms with E-state index < -0.39 is 0 Å². The third kappa shape index (κ3) is 4.97. The summed E-state index contributed by atoms with van der Waals surface area (Å²) in [6, 6.07) is 21.5. The van der Waals surface area contributed by atoms with Crippen LogP contribution in [0, 0.1) is 5.41 Å². The summed E-state index contributed by atoms with van der Waals surface area (Å²) in [6.07, 6.45) is 0. The first-order valence-corrected chi connectivity index (χ1v) is 8.03. The van der Waals surface area contributed by atoms with Gasteiger partial charge in [-0.15, -0.1) is 0 Å². The minimum atomic E-state index is 0.0869. The van der Waals surface area contributed by atoms with E-state index >= 15 is 0 Å². The van der Waals surface area contributed by atoms with E-state index in [1.807, 2.05) is 0 Å². The van der Waals surface area contributed by atoms with Crippen LogP contribution in [0.4, 0.5) is 0 Å². The van der Waals surface area contributed by atoms with Crippen LogP contribution in [0.15, 0.2) is 60.7 Å². The molecule has 2 N–H and O–H groups in total. The Kier molecular flexibility index (Phi) is 5.76. The fourth-order valence-electron chi connectivity index (χ4n) is 2.57. The molecule has 22 heavy (non-hydrogen) atoms. The van der Waals surface area contributed by atoms with Gasteiger partial charge in [-0.05, 0) is 23.5 Å². The van der Waals surface area contributed by atoms with Crippen molar-refractivity contribution in [1.82, 2.24) is 4.90 Å².